The number of hydrogen-bond donors (Lipinski definition) is 1. The highest BCUT2D eigenvalue weighted by atomic mass is 79.9. The normalized spacial score (nSPS) is 10.8. The van der Waals surface area contributed by atoms with Crippen molar-refractivity contribution >= 4 is 27.5 Å². The van der Waals surface area contributed by atoms with Crippen molar-refractivity contribution in [2.45, 2.75) is 13.5 Å². The largest absolute Gasteiger partial charge is 0.492 e. The lowest BCUT2D eigenvalue weighted by Gasteiger charge is -2.12. The third-order valence-corrected chi connectivity index (χ3v) is 5.04. The summed E-state index contributed by atoms with van der Waals surface area (Å²) < 4.78 is 26.4. The number of anilines is 1. The van der Waals surface area contributed by atoms with E-state index in [4.69, 9.17) is 9.26 Å². The minimum Gasteiger partial charge on any atom is -0.492 e. The number of amides is 1. The van der Waals surface area contributed by atoms with Gasteiger partial charge in [0.15, 0.2) is 0 Å². The van der Waals surface area contributed by atoms with Crippen molar-refractivity contribution in [1.82, 2.24) is 14.7 Å². The second-order valence-electron chi connectivity index (χ2n) is 6.55. The molecule has 9 heteroatoms. The Bertz CT molecular complexity index is 1220. The Hall–Kier alpha value is -3.46. The lowest BCUT2D eigenvalue weighted by molar-refractivity contribution is -0.116. The number of rotatable bonds is 7. The highest BCUT2D eigenvalue weighted by molar-refractivity contribution is 9.10. The summed E-state index contributed by atoms with van der Waals surface area (Å²) in [5.41, 5.74) is 1.80. The van der Waals surface area contributed by atoms with Gasteiger partial charge < -0.3 is 19.1 Å². The van der Waals surface area contributed by atoms with E-state index in [9.17, 15) is 9.18 Å². The molecule has 4 rings (SSSR count). The number of halogens is 2. The van der Waals surface area contributed by atoms with Crippen LogP contribution in [0.1, 0.15) is 6.92 Å². The summed E-state index contributed by atoms with van der Waals surface area (Å²) in [4.78, 5) is 17.0. The molecule has 4 aromatic rings. The topological polar surface area (TPSA) is 82.2 Å². The lowest BCUT2D eigenvalue weighted by Crippen LogP contribution is -2.19. The minimum absolute atomic E-state index is 0.0442. The van der Waals surface area contributed by atoms with Crippen LogP contribution in [-0.2, 0) is 11.3 Å². The summed E-state index contributed by atoms with van der Waals surface area (Å²) in [6, 6.07) is 15.3. The Kier molecular flexibility index (Phi) is 6.13. The molecule has 0 unspecified atom stereocenters. The Labute approximate surface area is 186 Å². The zero-order valence-corrected chi connectivity index (χ0v) is 18.1. The van der Waals surface area contributed by atoms with Crippen LogP contribution < -0.4 is 10.1 Å². The van der Waals surface area contributed by atoms with Gasteiger partial charge in [-0.05, 0) is 65.3 Å². The molecule has 0 aliphatic rings. The number of carbonyl (C=O) groups is 1. The van der Waals surface area contributed by atoms with Crippen LogP contribution in [-0.4, -0.2) is 27.2 Å². The molecule has 0 aliphatic carbocycles. The van der Waals surface area contributed by atoms with Crippen LogP contribution in [0.15, 0.2) is 69.8 Å². The van der Waals surface area contributed by atoms with Crippen molar-refractivity contribution in [3.8, 4) is 28.7 Å². The van der Waals surface area contributed by atoms with Crippen molar-refractivity contribution < 1.29 is 18.4 Å². The van der Waals surface area contributed by atoms with E-state index < -0.39 is 0 Å². The summed E-state index contributed by atoms with van der Waals surface area (Å²) in [6.07, 6.45) is 1.75. The number of aromatic nitrogens is 3. The average molecular weight is 485 g/mol. The number of benzene rings is 2. The van der Waals surface area contributed by atoms with Gasteiger partial charge in [-0.2, -0.15) is 4.98 Å². The third kappa shape index (κ3) is 4.66. The summed E-state index contributed by atoms with van der Waals surface area (Å²) in [6.45, 7) is 2.43. The molecular weight excluding hydrogens is 467 g/mol. The maximum absolute atomic E-state index is 13.5. The van der Waals surface area contributed by atoms with E-state index in [-0.39, 0.29) is 24.2 Å². The van der Waals surface area contributed by atoms with Crippen molar-refractivity contribution in [2.24, 2.45) is 0 Å². The molecule has 0 atom stereocenters. The van der Waals surface area contributed by atoms with E-state index in [1.54, 1.807) is 47.2 Å². The number of carbonyl (C=O) groups excluding carboxylic acids is 1. The Balaban J connectivity index is 1.51. The Morgan fingerprint density at radius 1 is 1.23 bits per heavy atom. The first-order valence-electron chi connectivity index (χ1n) is 9.51. The fourth-order valence-corrected chi connectivity index (χ4v) is 3.40. The van der Waals surface area contributed by atoms with Gasteiger partial charge in [-0.1, -0.05) is 17.3 Å². The molecular formula is C22H18BrFN4O3. The van der Waals surface area contributed by atoms with E-state index in [1.165, 1.54) is 6.07 Å². The molecule has 1 N–H and O–H groups in total. The fourth-order valence-electron chi connectivity index (χ4n) is 3.02. The number of nitrogens with one attached hydrogen (secondary N) is 1. The molecule has 2 aromatic carbocycles. The summed E-state index contributed by atoms with van der Waals surface area (Å²) in [7, 11) is 0. The SMILES string of the molecule is CCOc1ccccc1NC(=O)Cn1cccc1-c1nc(-c2ccc(F)c(Br)c2)no1. The van der Waals surface area contributed by atoms with Crippen LogP contribution in [0.25, 0.3) is 23.0 Å². The van der Waals surface area contributed by atoms with Crippen molar-refractivity contribution in [1.29, 1.82) is 0 Å². The van der Waals surface area contributed by atoms with Gasteiger partial charge in [0.25, 0.3) is 5.89 Å². The molecule has 31 heavy (non-hydrogen) atoms. The summed E-state index contributed by atoms with van der Waals surface area (Å²) in [5.74, 6) is 0.574. The second-order valence-corrected chi connectivity index (χ2v) is 7.41. The molecule has 0 fully saturated rings. The predicted molar refractivity (Wildman–Crippen MR) is 117 cm³/mol. The minimum atomic E-state index is -0.377. The van der Waals surface area contributed by atoms with Crippen molar-refractivity contribution in [3.63, 3.8) is 0 Å². The Morgan fingerprint density at radius 3 is 2.87 bits per heavy atom. The summed E-state index contributed by atoms with van der Waals surface area (Å²) >= 11 is 3.15. The third-order valence-electron chi connectivity index (χ3n) is 4.43. The number of para-hydroxylation sites is 2. The van der Waals surface area contributed by atoms with E-state index >= 15 is 0 Å². The van der Waals surface area contributed by atoms with E-state index in [2.05, 4.69) is 31.4 Å². The van der Waals surface area contributed by atoms with Crippen LogP contribution in [0, 0.1) is 5.82 Å². The first-order chi connectivity index (χ1) is 15.0. The molecule has 0 radical (unpaired) electrons. The molecule has 0 bridgehead atoms. The van der Waals surface area contributed by atoms with Crippen LogP contribution in [0.4, 0.5) is 10.1 Å². The highest BCUT2D eigenvalue weighted by Crippen LogP contribution is 2.27. The maximum Gasteiger partial charge on any atom is 0.274 e. The van der Waals surface area contributed by atoms with Gasteiger partial charge in [0.2, 0.25) is 11.7 Å². The first kappa shape index (κ1) is 20.8. The maximum atomic E-state index is 13.5. The van der Waals surface area contributed by atoms with Gasteiger partial charge in [0, 0.05) is 11.8 Å². The van der Waals surface area contributed by atoms with E-state index in [1.807, 2.05) is 19.1 Å². The predicted octanol–water partition coefficient (Wildman–Crippen LogP) is 5.14. The zero-order chi connectivity index (χ0) is 21.8. The Morgan fingerprint density at radius 2 is 2.06 bits per heavy atom. The van der Waals surface area contributed by atoms with Crippen molar-refractivity contribution in [3.05, 3.63) is 71.1 Å². The average Bonchev–Trinajstić information content (AvgIpc) is 3.41. The van der Waals surface area contributed by atoms with Gasteiger partial charge in [-0.25, -0.2) is 4.39 Å². The molecule has 0 spiro atoms. The molecule has 2 heterocycles. The monoisotopic (exact) mass is 484 g/mol. The van der Waals surface area contributed by atoms with E-state index in [0.717, 1.165) is 0 Å². The van der Waals surface area contributed by atoms with Gasteiger partial charge in [-0.15, -0.1) is 0 Å². The number of hydrogen-bond acceptors (Lipinski definition) is 5. The fraction of sp³-hybridized carbons (Fsp3) is 0.136. The number of ether oxygens (including phenoxy) is 1. The van der Waals surface area contributed by atoms with Crippen LogP contribution in [0.3, 0.4) is 0 Å². The smallest absolute Gasteiger partial charge is 0.274 e. The molecule has 1 amide bonds. The van der Waals surface area contributed by atoms with Gasteiger partial charge in [0.1, 0.15) is 23.8 Å². The van der Waals surface area contributed by atoms with Gasteiger partial charge in [0.05, 0.1) is 16.8 Å². The second kappa shape index (κ2) is 9.13. The summed E-state index contributed by atoms with van der Waals surface area (Å²) in [5, 5.41) is 6.84. The quantitative estimate of drug-likeness (QED) is 0.392. The number of nitrogens with zero attached hydrogens (tertiary/aromatic N) is 3. The standard InChI is InChI=1S/C22H18BrFN4O3/c1-2-30-19-8-4-3-6-17(19)25-20(29)13-28-11-5-7-18(28)22-26-21(27-31-22)14-9-10-16(24)15(23)12-14/h3-12H,2,13H2,1H3,(H,25,29). The molecule has 7 nitrogen and oxygen atoms in total. The molecule has 2 aromatic heterocycles. The van der Waals surface area contributed by atoms with Crippen LogP contribution in [0.2, 0.25) is 0 Å². The zero-order valence-electron chi connectivity index (χ0n) is 16.5. The molecule has 158 valence electrons. The van der Waals surface area contributed by atoms with Gasteiger partial charge >= 0.3 is 0 Å². The van der Waals surface area contributed by atoms with E-state index in [0.29, 0.717) is 39.6 Å². The molecule has 0 saturated carbocycles. The highest BCUT2D eigenvalue weighted by Gasteiger charge is 2.17. The molecule has 0 aliphatic heterocycles. The lowest BCUT2D eigenvalue weighted by atomic mass is 10.2. The molecule has 0 saturated heterocycles. The first-order valence-corrected chi connectivity index (χ1v) is 10.3. The van der Waals surface area contributed by atoms with Gasteiger partial charge in [-0.3, -0.25) is 4.79 Å². The van der Waals surface area contributed by atoms with Crippen LogP contribution >= 0.6 is 15.9 Å². The van der Waals surface area contributed by atoms with Crippen LogP contribution in [0.5, 0.6) is 5.75 Å². The van der Waals surface area contributed by atoms with Crippen molar-refractivity contribution in [2.75, 3.05) is 11.9 Å².